The molecule has 2 N–H and O–H groups in total. The smallest absolute Gasteiger partial charge is 0.259 e. The van der Waals surface area contributed by atoms with E-state index >= 15 is 0 Å². The van der Waals surface area contributed by atoms with Crippen LogP contribution in [0.2, 0.25) is 0 Å². The summed E-state index contributed by atoms with van der Waals surface area (Å²) in [6.45, 7) is 2.40. The minimum atomic E-state index is -0.252. The Balaban J connectivity index is 2.00. The van der Waals surface area contributed by atoms with E-state index in [9.17, 15) is 9.59 Å². The van der Waals surface area contributed by atoms with E-state index in [1.165, 1.54) is 0 Å². The Kier molecular flexibility index (Phi) is 3.31. The van der Waals surface area contributed by atoms with Crippen molar-refractivity contribution in [1.29, 1.82) is 0 Å². The number of carbonyl (C=O) groups is 2. The van der Waals surface area contributed by atoms with Crippen LogP contribution in [0.1, 0.15) is 27.6 Å². The first-order chi connectivity index (χ1) is 10.2. The summed E-state index contributed by atoms with van der Waals surface area (Å²) >= 11 is 0. The summed E-state index contributed by atoms with van der Waals surface area (Å²) < 4.78 is 5.75. The fraction of sp³-hybridized carbons (Fsp3) is 0.125. The molecule has 5 nitrogen and oxygen atoms in total. The molecule has 0 aliphatic carbocycles. The van der Waals surface area contributed by atoms with Gasteiger partial charge in [0.15, 0.2) is 5.75 Å². The molecule has 1 heterocycles. The molecule has 0 aromatic heterocycles. The lowest BCUT2D eigenvalue weighted by atomic mass is 10.1. The minimum Gasteiger partial charge on any atom is -0.454 e. The molecule has 1 aliphatic rings. The minimum absolute atomic E-state index is 0.184. The van der Waals surface area contributed by atoms with Crippen LogP contribution in [0, 0.1) is 0 Å². The molecule has 0 spiro atoms. The molecule has 0 radical (unpaired) electrons. The zero-order chi connectivity index (χ0) is 14.8. The molecule has 106 valence electrons. The van der Waals surface area contributed by atoms with Crippen molar-refractivity contribution in [2.75, 3.05) is 11.9 Å². The van der Waals surface area contributed by atoms with Gasteiger partial charge in [-0.15, -0.1) is 0 Å². The molecule has 0 fully saturated rings. The third-order valence-corrected chi connectivity index (χ3v) is 3.18. The second-order valence-electron chi connectivity index (χ2n) is 4.62. The van der Waals surface area contributed by atoms with Gasteiger partial charge in [0, 0.05) is 12.1 Å². The van der Waals surface area contributed by atoms with Gasteiger partial charge in [-0.25, -0.2) is 0 Å². The van der Waals surface area contributed by atoms with Crippen LogP contribution >= 0.6 is 0 Å². The van der Waals surface area contributed by atoms with Crippen molar-refractivity contribution in [2.45, 2.75) is 6.92 Å². The summed E-state index contributed by atoms with van der Waals surface area (Å²) in [7, 11) is 0. The standard InChI is InChI=1S/C16H14N2O3/c1-2-17-15(19)10-7-8-14-12(9-10)18-16(20)11-5-3-4-6-13(11)21-14/h3-9H,2H2,1H3,(H,17,19)(H,18,20). The van der Waals surface area contributed by atoms with Gasteiger partial charge in [-0.1, -0.05) is 12.1 Å². The molecule has 5 heteroatoms. The molecule has 0 saturated carbocycles. The van der Waals surface area contributed by atoms with Gasteiger partial charge >= 0.3 is 0 Å². The SMILES string of the molecule is CCNC(=O)c1ccc2c(c1)NC(=O)c1ccccc1O2. The number of ether oxygens (including phenoxy) is 1. The normalized spacial score (nSPS) is 12.3. The number of para-hydroxylation sites is 1. The van der Waals surface area contributed by atoms with Gasteiger partial charge in [0.1, 0.15) is 5.75 Å². The maximum atomic E-state index is 12.2. The number of anilines is 1. The summed E-state index contributed by atoms with van der Waals surface area (Å²) in [4.78, 5) is 24.0. The Morgan fingerprint density at radius 2 is 2.00 bits per heavy atom. The lowest BCUT2D eigenvalue weighted by Gasteiger charge is -2.09. The molecular weight excluding hydrogens is 268 g/mol. The number of fused-ring (bicyclic) bond motifs is 2. The van der Waals surface area contributed by atoms with Gasteiger partial charge in [-0.2, -0.15) is 0 Å². The van der Waals surface area contributed by atoms with Crippen LogP contribution in [-0.4, -0.2) is 18.4 Å². The van der Waals surface area contributed by atoms with E-state index in [0.29, 0.717) is 34.9 Å². The average molecular weight is 282 g/mol. The molecule has 2 aromatic carbocycles. The van der Waals surface area contributed by atoms with Gasteiger partial charge in [0.05, 0.1) is 11.3 Å². The highest BCUT2D eigenvalue weighted by atomic mass is 16.5. The van der Waals surface area contributed by atoms with Crippen molar-refractivity contribution < 1.29 is 14.3 Å². The molecule has 1 aliphatic heterocycles. The molecule has 0 saturated heterocycles. The van der Waals surface area contributed by atoms with E-state index in [-0.39, 0.29) is 11.8 Å². The van der Waals surface area contributed by atoms with Crippen LogP contribution in [0.3, 0.4) is 0 Å². The Hall–Kier alpha value is -2.82. The lowest BCUT2D eigenvalue weighted by molar-refractivity contribution is 0.0954. The third-order valence-electron chi connectivity index (χ3n) is 3.18. The molecule has 2 aromatic rings. The number of rotatable bonds is 2. The topological polar surface area (TPSA) is 67.4 Å². The van der Waals surface area contributed by atoms with Gasteiger partial charge in [-0.3, -0.25) is 9.59 Å². The van der Waals surface area contributed by atoms with Crippen molar-refractivity contribution >= 4 is 17.5 Å². The monoisotopic (exact) mass is 282 g/mol. The van der Waals surface area contributed by atoms with Crippen molar-refractivity contribution in [2.24, 2.45) is 0 Å². The molecule has 0 unspecified atom stereocenters. The highest BCUT2D eigenvalue weighted by Gasteiger charge is 2.21. The zero-order valence-corrected chi connectivity index (χ0v) is 11.5. The largest absolute Gasteiger partial charge is 0.454 e. The van der Waals surface area contributed by atoms with Gasteiger partial charge in [-0.05, 0) is 37.3 Å². The van der Waals surface area contributed by atoms with Crippen molar-refractivity contribution in [3.05, 3.63) is 53.6 Å². The van der Waals surface area contributed by atoms with E-state index in [2.05, 4.69) is 10.6 Å². The quantitative estimate of drug-likeness (QED) is 0.890. The fourth-order valence-electron chi connectivity index (χ4n) is 2.17. The van der Waals surface area contributed by atoms with Crippen LogP contribution < -0.4 is 15.4 Å². The highest BCUT2D eigenvalue weighted by molar-refractivity contribution is 6.08. The van der Waals surface area contributed by atoms with Crippen molar-refractivity contribution in [1.82, 2.24) is 5.32 Å². The number of nitrogens with one attached hydrogen (secondary N) is 2. The van der Waals surface area contributed by atoms with Crippen LogP contribution in [-0.2, 0) is 0 Å². The third kappa shape index (κ3) is 2.45. The summed E-state index contributed by atoms with van der Waals surface area (Å²) in [6.07, 6.45) is 0. The maximum absolute atomic E-state index is 12.2. The van der Waals surface area contributed by atoms with Crippen LogP contribution in [0.4, 0.5) is 5.69 Å². The Morgan fingerprint density at radius 3 is 2.81 bits per heavy atom. The first kappa shape index (κ1) is 13.2. The molecule has 3 rings (SSSR count). The average Bonchev–Trinajstić information content (AvgIpc) is 2.63. The maximum Gasteiger partial charge on any atom is 0.259 e. The summed E-state index contributed by atoms with van der Waals surface area (Å²) in [5.74, 6) is 0.578. The Labute approximate surface area is 121 Å². The summed E-state index contributed by atoms with van der Waals surface area (Å²) in [6, 6.07) is 12.0. The molecular formula is C16H14N2O3. The van der Waals surface area contributed by atoms with E-state index in [0.717, 1.165) is 0 Å². The fourth-order valence-corrected chi connectivity index (χ4v) is 2.17. The zero-order valence-electron chi connectivity index (χ0n) is 11.5. The van der Waals surface area contributed by atoms with E-state index in [1.807, 2.05) is 6.92 Å². The molecule has 0 atom stereocenters. The second-order valence-corrected chi connectivity index (χ2v) is 4.62. The summed E-state index contributed by atoms with van der Waals surface area (Å²) in [5, 5.41) is 5.49. The number of hydrogen-bond donors (Lipinski definition) is 2. The predicted molar refractivity (Wildman–Crippen MR) is 78.9 cm³/mol. The number of hydrogen-bond acceptors (Lipinski definition) is 3. The molecule has 0 bridgehead atoms. The first-order valence-corrected chi connectivity index (χ1v) is 6.69. The van der Waals surface area contributed by atoms with Gasteiger partial charge < -0.3 is 15.4 Å². The Bertz CT molecular complexity index is 725. The van der Waals surface area contributed by atoms with Crippen LogP contribution in [0.5, 0.6) is 11.5 Å². The van der Waals surface area contributed by atoms with E-state index < -0.39 is 0 Å². The first-order valence-electron chi connectivity index (χ1n) is 6.69. The lowest BCUT2D eigenvalue weighted by Crippen LogP contribution is -2.22. The Morgan fingerprint density at radius 1 is 1.19 bits per heavy atom. The van der Waals surface area contributed by atoms with Crippen LogP contribution in [0.15, 0.2) is 42.5 Å². The second kappa shape index (κ2) is 5.28. The molecule has 2 amide bonds. The highest BCUT2D eigenvalue weighted by Crippen LogP contribution is 2.35. The summed E-state index contributed by atoms with van der Waals surface area (Å²) in [5.41, 5.74) is 1.43. The van der Waals surface area contributed by atoms with Gasteiger partial charge in [0.25, 0.3) is 11.8 Å². The number of carbonyl (C=O) groups excluding carboxylic acids is 2. The molecule has 21 heavy (non-hydrogen) atoms. The van der Waals surface area contributed by atoms with E-state index in [4.69, 9.17) is 4.74 Å². The predicted octanol–water partition coefficient (Wildman–Crippen LogP) is 2.79. The van der Waals surface area contributed by atoms with E-state index in [1.54, 1.807) is 42.5 Å². The number of amides is 2. The van der Waals surface area contributed by atoms with Crippen molar-refractivity contribution in [3.8, 4) is 11.5 Å². The van der Waals surface area contributed by atoms with Crippen molar-refractivity contribution in [3.63, 3.8) is 0 Å². The number of benzene rings is 2. The van der Waals surface area contributed by atoms with Gasteiger partial charge in [0.2, 0.25) is 0 Å². The van der Waals surface area contributed by atoms with Crippen LogP contribution in [0.25, 0.3) is 0 Å².